The van der Waals surface area contributed by atoms with E-state index in [-0.39, 0.29) is 5.91 Å². The molecule has 1 N–H and O–H groups in total. The first kappa shape index (κ1) is 18.7. The molecule has 0 radical (unpaired) electrons. The van der Waals surface area contributed by atoms with Crippen LogP contribution in [0.15, 0.2) is 18.2 Å². The number of nitrogens with zero attached hydrogens (tertiary/aromatic N) is 1. The minimum absolute atomic E-state index is 0.0283. The molecular formula is C19H30N2O3. The Kier molecular flexibility index (Phi) is 7.53. The van der Waals surface area contributed by atoms with Crippen LogP contribution in [0.3, 0.4) is 0 Å². The predicted molar refractivity (Wildman–Crippen MR) is 95.5 cm³/mol. The van der Waals surface area contributed by atoms with Crippen LogP contribution in [-0.2, 0) is 9.53 Å². The maximum Gasteiger partial charge on any atom is 0.261 e. The van der Waals surface area contributed by atoms with E-state index in [0.717, 1.165) is 50.6 Å². The molecule has 1 heterocycles. The van der Waals surface area contributed by atoms with Gasteiger partial charge in [0.05, 0.1) is 13.2 Å². The Bertz CT molecular complexity index is 527. The summed E-state index contributed by atoms with van der Waals surface area (Å²) in [6.07, 6.45) is 1.17. The van der Waals surface area contributed by atoms with Crippen molar-refractivity contribution in [3.05, 3.63) is 29.3 Å². The number of aryl methyl sites for hydroxylation is 2. The Morgan fingerprint density at radius 1 is 1.33 bits per heavy atom. The standard InChI is InChI=1S/C19H30N2O3/c1-4-17(24-18-7-6-15(2)14-16(18)3)19(22)20-8-5-9-21-10-12-23-13-11-21/h6-7,14,17H,4-5,8-13H2,1-3H3,(H,20,22). The Balaban J connectivity index is 1.74. The van der Waals surface area contributed by atoms with E-state index >= 15 is 0 Å². The van der Waals surface area contributed by atoms with Gasteiger partial charge in [-0.1, -0.05) is 24.6 Å². The molecule has 0 aromatic heterocycles. The van der Waals surface area contributed by atoms with E-state index in [4.69, 9.17) is 9.47 Å². The van der Waals surface area contributed by atoms with Crippen molar-refractivity contribution >= 4 is 5.91 Å². The van der Waals surface area contributed by atoms with E-state index in [1.54, 1.807) is 0 Å². The van der Waals surface area contributed by atoms with Crippen molar-refractivity contribution < 1.29 is 14.3 Å². The number of ether oxygens (including phenoxy) is 2. The summed E-state index contributed by atoms with van der Waals surface area (Å²) in [6, 6.07) is 6.02. The van der Waals surface area contributed by atoms with Crippen molar-refractivity contribution in [1.29, 1.82) is 0 Å². The number of hydrogen-bond acceptors (Lipinski definition) is 4. The largest absolute Gasteiger partial charge is 0.480 e. The topological polar surface area (TPSA) is 50.8 Å². The van der Waals surface area contributed by atoms with E-state index in [9.17, 15) is 4.79 Å². The van der Waals surface area contributed by atoms with Gasteiger partial charge in [-0.25, -0.2) is 0 Å². The third kappa shape index (κ3) is 5.80. The Hall–Kier alpha value is -1.59. The molecule has 1 aromatic carbocycles. The molecule has 1 unspecified atom stereocenters. The highest BCUT2D eigenvalue weighted by Crippen LogP contribution is 2.20. The van der Waals surface area contributed by atoms with E-state index in [2.05, 4.69) is 23.2 Å². The van der Waals surface area contributed by atoms with Crippen LogP contribution in [0.1, 0.15) is 30.9 Å². The summed E-state index contributed by atoms with van der Waals surface area (Å²) in [4.78, 5) is 14.7. The molecule has 2 rings (SSSR count). The molecule has 5 heteroatoms. The first-order chi connectivity index (χ1) is 11.6. The summed E-state index contributed by atoms with van der Waals surface area (Å²) < 4.78 is 11.3. The van der Waals surface area contributed by atoms with E-state index < -0.39 is 6.10 Å². The quantitative estimate of drug-likeness (QED) is 0.741. The molecule has 1 fully saturated rings. The maximum absolute atomic E-state index is 12.3. The Labute approximate surface area is 145 Å². The van der Waals surface area contributed by atoms with Gasteiger partial charge in [0, 0.05) is 19.6 Å². The fourth-order valence-corrected chi connectivity index (χ4v) is 2.86. The van der Waals surface area contributed by atoms with Crippen molar-refractivity contribution in [3.8, 4) is 5.75 Å². The second-order valence-electron chi connectivity index (χ2n) is 6.38. The van der Waals surface area contributed by atoms with Crippen LogP contribution in [0.5, 0.6) is 5.75 Å². The van der Waals surface area contributed by atoms with Gasteiger partial charge < -0.3 is 14.8 Å². The summed E-state index contributed by atoms with van der Waals surface area (Å²) in [7, 11) is 0. The van der Waals surface area contributed by atoms with Crippen molar-refractivity contribution in [1.82, 2.24) is 10.2 Å². The summed E-state index contributed by atoms with van der Waals surface area (Å²) in [5, 5.41) is 3.00. The average molecular weight is 334 g/mol. The van der Waals surface area contributed by atoms with Gasteiger partial charge in [0.25, 0.3) is 5.91 Å². The smallest absolute Gasteiger partial charge is 0.261 e. The molecule has 1 aliphatic heterocycles. The molecule has 134 valence electrons. The number of carbonyl (C=O) groups is 1. The molecular weight excluding hydrogens is 304 g/mol. The molecule has 0 aliphatic carbocycles. The van der Waals surface area contributed by atoms with Crippen LogP contribution in [0.4, 0.5) is 0 Å². The zero-order valence-electron chi connectivity index (χ0n) is 15.1. The lowest BCUT2D eigenvalue weighted by molar-refractivity contribution is -0.128. The summed E-state index contributed by atoms with van der Waals surface area (Å²) in [5.41, 5.74) is 2.26. The number of amides is 1. The molecule has 1 amide bonds. The second kappa shape index (κ2) is 9.64. The minimum Gasteiger partial charge on any atom is -0.480 e. The maximum atomic E-state index is 12.3. The van der Waals surface area contributed by atoms with Crippen molar-refractivity contribution in [3.63, 3.8) is 0 Å². The van der Waals surface area contributed by atoms with E-state index in [1.807, 2.05) is 26.0 Å². The molecule has 0 bridgehead atoms. The molecule has 5 nitrogen and oxygen atoms in total. The number of morpholine rings is 1. The predicted octanol–water partition coefficient (Wildman–Crippen LogP) is 2.30. The van der Waals surface area contributed by atoms with Crippen LogP contribution in [-0.4, -0.2) is 56.3 Å². The zero-order valence-corrected chi connectivity index (χ0v) is 15.1. The number of benzene rings is 1. The number of nitrogens with one attached hydrogen (secondary N) is 1. The molecule has 1 saturated heterocycles. The average Bonchev–Trinajstić information content (AvgIpc) is 2.59. The number of hydrogen-bond donors (Lipinski definition) is 1. The lowest BCUT2D eigenvalue weighted by Crippen LogP contribution is -2.41. The SMILES string of the molecule is CCC(Oc1ccc(C)cc1C)C(=O)NCCCN1CCOCC1. The third-order valence-corrected chi connectivity index (χ3v) is 4.32. The molecule has 24 heavy (non-hydrogen) atoms. The first-order valence-corrected chi connectivity index (χ1v) is 8.92. The van der Waals surface area contributed by atoms with Crippen LogP contribution in [0, 0.1) is 13.8 Å². The highest BCUT2D eigenvalue weighted by molar-refractivity contribution is 5.81. The third-order valence-electron chi connectivity index (χ3n) is 4.32. The summed E-state index contributed by atoms with van der Waals surface area (Å²) in [5.74, 6) is 0.760. The van der Waals surface area contributed by atoms with Gasteiger partial charge in [0.15, 0.2) is 6.10 Å². The van der Waals surface area contributed by atoms with Gasteiger partial charge in [-0.15, -0.1) is 0 Å². The van der Waals surface area contributed by atoms with Crippen molar-refractivity contribution in [2.45, 2.75) is 39.7 Å². The molecule has 1 atom stereocenters. The van der Waals surface area contributed by atoms with Crippen molar-refractivity contribution in [2.24, 2.45) is 0 Å². The highest BCUT2D eigenvalue weighted by Gasteiger charge is 2.19. The summed E-state index contributed by atoms with van der Waals surface area (Å²) in [6.45, 7) is 11.3. The van der Waals surface area contributed by atoms with Gasteiger partial charge in [-0.3, -0.25) is 9.69 Å². The van der Waals surface area contributed by atoms with Crippen molar-refractivity contribution in [2.75, 3.05) is 39.4 Å². The number of rotatable bonds is 8. The second-order valence-corrected chi connectivity index (χ2v) is 6.38. The molecule has 0 saturated carbocycles. The normalized spacial score (nSPS) is 16.6. The highest BCUT2D eigenvalue weighted by atomic mass is 16.5. The van der Waals surface area contributed by atoms with Crippen LogP contribution in [0.25, 0.3) is 0 Å². The molecule has 0 spiro atoms. The summed E-state index contributed by atoms with van der Waals surface area (Å²) >= 11 is 0. The van der Waals surface area contributed by atoms with Gasteiger partial charge >= 0.3 is 0 Å². The van der Waals surface area contributed by atoms with E-state index in [1.165, 1.54) is 5.56 Å². The fourth-order valence-electron chi connectivity index (χ4n) is 2.86. The fraction of sp³-hybridized carbons (Fsp3) is 0.632. The van der Waals surface area contributed by atoms with Gasteiger partial charge in [-0.2, -0.15) is 0 Å². The zero-order chi connectivity index (χ0) is 17.4. The van der Waals surface area contributed by atoms with Gasteiger partial charge in [0.2, 0.25) is 0 Å². The van der Waals surface area contributed by atoms with Gasteiger partial charge in [0.1, 0.15) is 5.75 Å². The Morgan fingerprint density at radius 2 is 2.08 bits per heavy atom. The Morgan fingerprint density at radius 3 is 2.75 bits per heavy atom. The lowest BCUT2D eigenvalue weighted by Gasteiger charge is -2.26. The van der Waals surface area contributed by atoms with Crippen LogP contribution in [0.2, 0.25) is 0 Å². The number of carbonyl (C=O) groups excluding carboxylic acids is 1. The molecule has 1 aromatic rings. The van der Waals surface area contributed by atoms with Gasteiger partial charge in [-0.05, 0) is 44.9 Å². The molecule has 1 aliphatic rings. The monoisotopic (exact) mass is 334 g/mol. The first-order valence-electron chi connectivity index (χ1n) is 8.92. The lowest BCUT2D eigenvalue weighted by atomic mass is 10.1. The van der Waals surface area contributed by atoms with E-state index in [0.29, 0.717) is 13.0 Å². The van der Waals surface area contributed by atoms with Crippen LogP contribution < -0.4 is 10.1 Å². The minimum atomic E-state index is -0.435. The van der Waals surface area contributed by atoms with Crippen LogP contribution >= 0.6 is 0 Å².